The number of anilines is 1. The maximum absolute atomic E-state index is 12.6. The second-order valence-electron chi connectivity index (χ2n) is 6.31. The van der Waals surface area contributed by atoms with Crippen LogP contribution in [0.5, 0.6) is 0 Å². The second kappa shape index (κ2) is 6.40. The molecule has 2 heterocycles. The van der Waals surface area contributed by atoms with Gasteiger partial charge in [0, 0.05) is 18.2 Å². The first kappa shape index (κ1) is 15.5. The third-order valence-electron chi connectivity index (χ3n) is 4.16. The molecule has 1 fully saturated rings. The maximum atomic E-state index is 12.6. The number of aromatic nitrogens is 2. The van der Waals surface area contributed by atoms with Gasteiger partial charge in [-0.2, -0.15) is 4.98 Å². The molecule has 122 valence electrons. The summed E-state index contributed by atoms with van der Waals surface area (Å²) in [5.74, 6) is 1.53. The molecule has 23 heavy (non-hydrogen) atoms. The molecule has 1 aromatic heterocycles. The van der Waals surface area contributed by atoms with Crippen molar-refractivity contribution in [1.82, 2.24) is 15.0 Å². The van der Waals surface area contributed by atoms with Gasteiger partial charge in [-0.15, -0.1) is 0 Å². The highest BCUT2D eigenvalue weighted by molar-refractivity contribution is 5.79. The Bertz CT molecular complexity index is 678. The van der Waals surface area contributed by atoms with Crippen molar-refractivity contribution in [2.75, 3.05) is 12.3 Å². The van der Waals surface area contributed by atoms with Crippen molar-refractivity contribution >= 4 is 11.6 Å². The van der Waals surface area contributed by atoms with Gasteiger partial charge < -0.3 is 15.2 Å². The highest BCUT2D eigenvalue weighted by Gasteiger charge is 2.33. The lowest BCUT2D eigenvalue weighted by Gasteiger charge is -2.22. The van der Waals surface area contributed by atoms with Crippen molar-refractivity contribution in [3.63, 3.8) is 0 Å². The fourth-order valence-electron chi connectivity index (χ4n) is 2.86. The molecule has 2 aromatic rings. The number of hydrogen-bond donors (Lipinski definition) is 1. The minimum absolute atomic E-state index is 0.0764. The smallest absolute Gasteiger partial charge is 0.229 e. The van der Waals surface area contributed by atoms with Crippen molar-refractivity contribution in [2.45, 2.75) is 45.1 Å². The van der Waals surface area contributed by atoms with Crippen LogP contribution in [-0.2, 0) is 11.2 Å². The summed E-state index contributed by atoms with van der Waals surface area (Å²) in [6.07, 6.45) is 2.21. The molecule has 1 unspecified atom stereocenters. The van der Waals surface area contributed by atoms with Crippen molar-refractivity contribution in [3.05, 3.63) is 41.5 Å². The monoisotopic (exact) mass is 314 g/mol. The Balaban J connectivity index is 1.72. The number of nitrogen functional groups attached to an aromatic ring is 1. The summed E-state index contributed by atoms with van der Waals surface area (Å²) in [7, 11) is 0. The highest BCUT2D eigenvalue weighted by Crippen LogP contribution is 2.31. The highest BCUT2D eigenvalue weighted by atomic mass is 16.5. The molecule has 0 bridgehead atoms. The van der Waals surface area contributed by atoms with E-state index in [0.717, 1.165) is 24.9 Å². The van der Waals surface area contributed by atoms with Crippen LogP contribution in [0.2, 0.25) is 0 Å². The van der Waals surface area contributed by atoms with Crippen molar-refractivity contribution in [1.29, 1.82) is 0 Å². The lowest BCUT2D eigenvalue weighted by atomic mass is 10.1. The summed E-state index contributed by atoms with van der Waals surface area (Å²) in [4.78, 5) is 19.0. The number of likely N-dealkylation sites (tertiary alicyclic amines) is 1. The van der Waals surface area contributed by atoms with E-state index in [9.17, 15) is 4.79 Å². The molecule has 1 atom stereocenters. The predicted octanol–water partition coefficient (Wildman–Crippen LogP) is 2.68. The fourth-order valence-corrected chi connectivity index (χ4v) is 2.86. The van der Waals surface area contributed by atoms with Gasteiger partial charge in [0.1, 0.15) is 0 Å². The molecule has 3 rings (SSSR count). The molecule has 6 heteroatoms. The quantitative estimate of drug-likeness (QED) is 0.877. The Kier molecular flexibility index (Phi) is 4.32. The topological polar surface area (TPSA) is 85.2 Å². The number of nitrogens with two attached hydrogens (primary N) is 1. The molecular weight excluding hydrogens is 292 g/mol. The number of carbonyl (C=O) groups is 1. The first-order valence-electron chi connectivity index (χ1n) is 8.02. The third kappa shape index (κ3) is 3.36. The van der Waals surface area contributed by atoms with Crippen LogP contribution in [-0.4, -0.2) is 27.5 Å². The largest absolute Gasteiger partial charge is 0.399 e. The van der Waals surface area contributed by atoms with E-state index in [1.807, 2.05) is 43.0 Å². The Morgan fingerprint density at radius 1 is 1.39 bits per heavy atom. The van der Waals surface area contributed by atoms with Crippen molar-refractivity contribution in [2.24, 2.45) is 0 Å². The molecule has 6 nitrogen and oxygen atoms in total. The average molecular weight is 314 g/mol. The van der Waals surface area contributed by atoms with E-state index < -0.39 is 0 Å². The van der Waals surface area contributed by atoms with Crippen LogP contribution in [0.1, 0.15) is 55.9 Å². The Morgan fingerprint density at radius 2 is 2.13 bits per heavy atom. The van der Waals surface area contributed by atoms with E-state index >= 15 is 0 Å². The van der Waals surface area contributed by atoms with Crippen LogP contribution >= 0.6 is 0 Å². The van der Waals surface area contributed by atoms with Gasteiger partial charge in [0.25, 0.3) is 0 Å². The number of hydrogen-bond acceptors (Lipinski definition) is 5. The van der Waals surface area contributed by atoms with E-state index in [-0.39, 0.29) is 17.9 Å². The van der Waals surface area contributed by atoms with E-state index in [4.69, 9.17) is 10.3 Å². The zero-order chi connectivity index (χ0) is 16.4. The lowest BCUT2D eigenvalue weighted by molar-refractivity contribution is -0.131. The number of amides is 1. The maximum Gasteiger partial charge on any atom is 0.229 e. The fraction of sp³-hybridized carbons (Fsp3) is 0.471. The molecule has 0 spiro atoms. The first-order valence-corrected chi connectivity index (χ1v) is 8.02. The lowest BCUT2D eigenvalue weighted by Crippen LogP contribution is -2.32. The molecule has 2 N–H and O–H groups in total. The predicted molar refractivity (Wildman–Crippen MR) is 86.6 cm³/mol. The molecule has 1 saturated heterocycles. The molecule has 0 saturated carbocycles. The third-order valence-corrected chi connectivity index (χ3v) is 4.16. The molecule has 0 radical (unpaired) electrons. The Hall–Kier alpha value is -2.37. The van der Waals surface area contributed by atoms with Crippen LogP contribution in [0.3, 0.4) is 0 Å². The van der Waals surface area contributed by atoms with E-state index in [1.165, 1.54) is 0 Å². The van der Waals surface area contributed by atoms with Gasteiger partial charge in [-0.25, -0.2) is 0 Å². The van der Waals surface area contributed by atoms with Crippen molar-refractivity contribution < 1.29 is 9.32 Å². The van der Waals surface area contributed by atoms with Gasteiger partial charge in [-0.3, -0.25) is 4.79 Å². The second-order valence-corrected chi connectivity index (χ2v) is 6.31. The van der Waals surface area contributed by atoms with Crippen LogP contribution in [0.25, 0.3) is 0 Å². The van der Waals surface area contributed by atoms with Crippen LogP contribution in [0, 0.1) is 0 Å². The zero-order valence-electron chi connectivity index (χ0n) is 13.5. The minimum atomic E-state index is -0.0764. The number of carbonyl (C=O) groups excluding carboxylic acids is 1. The standard InChI is InChI=1S/C17H22N4O2/c1-11(2)17-19-16(20-23-17)14-4-3-9-21(14)15(22)10-12-5-7-13(18)8-6-12/h5-8,11,14H,3-4,9-10,18H2,1-2H3. The summed E-state index contributed by atoms with van der Waals surface area (Å²) in [6.45, 7) is 4.76. The van der Waals surface area contributed by atoms with Gasteiger partial charge in [0.2, 0.25) is 11.8 Å². The van der Waals surface area contributed by atoms with E-state index in [0.29, 0.717) is 23.8 Å². The summed E-state index contributed by atoms with van der Waals surface area (Å²) in [5.41, 5.74) is 7.35. The number of rotatable bonds is 4. The molecule has 1 aromatic carbocycles. The minimum Gasteiger partial charge on any atom is -0.399 e. The van der Waals surface area contributed by atoms with Gasteiger partial charge >= 0.3 is 0 Å². The first-order chi connectivity index (χ1) is 11.0. The summed E-state index contributed by atoms with van der Waals surface area (Å²) in [6, 6.07) is 7.34. The molecular formula is C17H22N4O2. The van der Waals surface area contributed by atoms with Crippen LogP contribution in [0.15, 0.2) is 28.8 Å². The number of benzene rings is 1. The van der Waals surface area contributed by atoms with Gasteiger partial charge in [-0.1, -0.05) is 31.1 Å². The van der Waals surface area contributed by atoms with Crippen molar-refractivity contribution in [3.8, 4) is 0 Å². The Labute approximate surface area is 135 Å². The SMILES string of the molecule is CC(C)c1nc(C2CCCN2C(=O)Cc2ccc(N)cc2)no1. The summed E-state index contributed by atoms with van der Waals surface area (Å²) < 4.78 is 5.29. The number of nitrogens with zero attached hydrogens (tertiary/aromatic N) is 3. The van der Waals surface area contributed by atoms with Gasteiger partial charge in [0.15, 0.2) is 5.82 Å². The van der Waals surface area contributed by atoms with E-state index in [1.54, 1.807) is 0 Å². The molecule has 1 aliphatic heterocycles. The molecule has 1 aliphatic rings. The van der Waals surface area contributed by atoms with Crippen LogP contribution in [0.4, 0.5) is 5.69 Å². The van der Waals surface area contributed by atoms with Gasteiger partial charge in [0.05, 0.1) is 12.5 Å². The Morgan fingerprint density at radius 3 is 2.78 bits per heavy atom. The summed E-state index contributed by atoms with van der Waals surface area (Å²) in [5, 5.41) is 4.07. The summed E-state index contributed by atoms with van der Waals surface area (Å²) >= 11 is 0. The van der Waals surface area contributed by atoms with Gasteiger partial charge in [-0.05, 0) is 30.5 Å². The molecule has 0 aliphatic carbocycles. The zero-order valence-corrected chi connectivity index (χ0v) is 13.5. The van der Waals surface area contributed by atoms with E-state index in [2.05, 4.69) is 10.1 Å². The van der Waals surface area contributed by atoms with Crippen LogP contribution < -0.4 is 5.73 Å². The average Bonchev–Trinajstić information content (AvgIpc) is 3.17. The normalized spacial score (nSPS) is 17.9. The molecule has 1 amide bonds.